The van der Waals surface area contributed by atoms with Gasteiger partial charge in [-0.25, -0.2) is 8.42 Å². The lowest BCUT2D eigenvalue weighted by Gasteiger charge is -2.29. The molecule has 1 fully saturated rings. The zero-order valence-corrected chi connectivity index (χ0v) is 19.0. The van der Waals surface area contributed by atoms with Gasteiger partial charge in [-0.1, -0.05) is 72.8 Å². The number of amides is 1. The summed E-state index contributed by atoms with van der Waals surface area (Å²) in [6, 6.07) is 27.5. The van der Waals surface area contributed by atoms with Gasteiger partial charge >= 0.3 is 0 Å². The number of carbonyl (C=O) groups is 1. The van der Waals surface area contributed by atoms with Crippen molar-refractivity contribution in [2.75, 3.05) is 23.0 Å². The van der Waals surface area contributed by atoms with Gasteiger partial charge in [0.15, 0.2) is 9.84 Å². The fraction of sp³-hybridized carbons (Fsp3) is 0.269. The monoisotopic (exact) mass is 448 g/mol. The average Bonchev–Trinajstić information content (AvgIpc) is 3.18. The Kier molecular flexibility index (Phi) is 6.72. The van der Waals surface area contributed by atoms with Gasteiger partial charge in [0.2, 0.25) is 5.91 Å². The van der Waals surface area contributed by atoms with Crippen LogP contribution in [-0.2, 0) is 14.6 Å². The zero-order valence-electron chi connectivity index (χ0n) is 18.1. The number of carbonyl (C=O) groups excluding carboxylic acids is 1. The number of hydrogen-bond donors (Lipinski definition) is 1. The highest BCUT2D eigenvalue weighted by molar-refractivity contribution is 7.91. The molecule has 1 N–H and O–H groups in total. The first-order valence-electron chi connectivity index (χ1n) is 10.9. The van der Waals surface area contributed by atoms with Gasteiger partial charge in [-0.15, -0.1) is 0 Å². The third kappa shape index (κ3) is 5.26. The van der Waals surface area contributed by atoms with Crippen LogP contribution < -0.4 is 10.2 Å². The lowest BCUT2D eigenvalue weighted by atomic mass is 10.0. The molecule has 3 aromatic rings. The second kappa shape index (κ2) is 9.67. The number of rotatable bonds is 7. The summed E-state index contributed by atoms with van der Waals surface area (Å²) >= 11 is 0. The van der Waals surface area contributed by atoms with Gasteiger partial charge in [0.25, 0.3) is 0 Å². The summed E-state index contributed by atoms with van der Waals surface area (Å²) in [5, 5.41) is 3.31. The Morgan fingerprint density at radius 1 is 0.938 bits per heavy atom. The predicted octanol–water partition coefficient (Wildman–Crippen LogP) is 4.22. The summed E-state index contributed by atoms with van der Waals surface area (Å²) in [4.78, 5) is 14.8. The van der Waals surface area contributed by atoms with Crippen molar-refractivity contribution in [2.24, 2.45) is 0 Å². The van der Waals surface area contributed by atoms with E-state index in [9.17, 15) is 13.2 Å². The maximum absolute atomic E-state index is 13.2. The molecule has 1 aliphatic rings. The molecule has 5 nitrogen and oxygen atoms in total. The first-order chi connectivity index (χ1) is 15.4. The number of benzene rings is 3. The Hall–Kier alpha value is -2.96. The fourth-order valence-corrected chi connectivity index (χ4v) is 5.86. The molecule has 0 aliphatic carbocycles. The first-order valence-corrected chi connectivity index (χ1v) is 12.7. The third-order valence-electron chi connectivity index (χ3n) is 5.95. The van der Waals surface area contributed by atoms with Crippen LogP contribution in [0, 0.1) is 0 Å². The van der Waals surface area contributed by atoms with Crippen molar-refractivity contribution in [3.63, 3.8) is 0 Å². The van der Waals surface area contributed by atoms with Crippen molar-refractivity contribution < 1.29 is 13.2 Å². The molecule has 0 aromatic heterocycles. The molecule has 1 amide bonds. The van der Waals surface area contributed by atoms with Crippen molar-refractivity contribution in [1.29, 1.82) is 0 Å². The zero-order chi connectivity index (χ0) is 22.6. The number of hydrogen-bond acceptors (Lipinski definition) is 4. The molecule has 32 heavy (non-hydrogen) atoms. The van der Waals surface area contributed by atoms with Crippen molar-refractivity contribution >= 4 is 21.4 Å². The molecule has 166 valence electrons. The fourth-order valence-electron chi connectivity index (χ4n) is 4.16. The number of nitrogens with zero attached hydrogens (tertiary/aromatic N) is 1. The molecule has 6 heteroatoms. The van der Waals surface area contributed by atoms with Gasteiger partial charge < -0.3 is 10.2 Å². The molecule has 1 aliphatic heterocycles. The topological polar surface area (TPSA) is 66.5 Å². The van der Waals surface area contributed by atoms with Crippen LogP contribution in [0.25, 0.3) is 11.1 Å². The van der Waals surface area contributed by atoms with Crippen LogP contribution in [0.15, 0.2) is 84.9 Å². The highest BCUT2D eigenvalue weighted by Gasteiger charge is 2.35. The van der Waals surface area contributed by atoms with Crippen LogP contribution in [0.2, 0.25) is 0 Å². The molecule has 0 saturated carbocycles. The quantitative estimate of drug-likeness (QED) is 0.588. The summed E-state index contributed by atoms with van der Waals surface area (Å²) in [6.45, 7) is 2.16. The van der Waals surface area contributed by atoms with Gasteiger partial charge in [0.05, 0.1) is 24.1 Å². The highest BCUT2D eigenvalue weighted by Crippen LogP contribution is 2.25. The molecule has 3 aromatic carbocycles. The Bertz CT molecular complexity index is 1150. The Balaban J connectivity index is 1.43. The van der Waals surface area contributed by atoms with Crippen LogP contribution >= 0.6 is 0 Å². The smallest absolute Gasteiger partial charge is 0.241 e. The molecule has 2 atom stereocenters. The van der Waals surface area contributed by atoms with E-state index < -0.39 is 9.84 Å². The Labute approximate surface area is 190 Å². The van der Waals surface area contributed by atoms with Gasteiger partial charge in [0.1, 0.15) is 0 Å². The molecule has 1 saturated heterocycles. The van der Waals surface area contributed by atoms with Crippen LogP contribution in [0.4, 0.5) is 5.69 Å². The van der Waals surface area contributed by atoms with Crippen molar-refractivity contribution in [3.05, 3.63) is 90.5 Å². The number of para-hydroxylation sites is 1. The van der Waals surface area contributed by atoms with Gasteiger partial charge in [-0.05, 0) is 42.2 Å². The molecule has 0 bridgehead atoms. The van der Waals surface area contributed by atoms with Crippen molar-refractivity contribution in [2.45, 2.75) is 25.4 Å². The van der Waals surface area contributed by atoms with E-state index in [-0.39, 0.29) is 36.0 Å². The molecule has 0 radical (unpaired) electrons. The van der Waals surface area contributed by atoms with Crippen LogP contribution in [-0.4, -0.2) is 38.4 Å². The Morgan fingerprint density at radius 2 is 1.53 bits per heavy atom. The van der Waals surface area contributed by atoms with E-state index in [4.69, 9.17) is 0 Å². The van der Waals surface area contributed by atoms with Gasteiger partial charge in [-0.3, -0.25) is 4.79 Å². The van der Waals surface area contributed by atoms with E-state index in [0.717, 1.165) is 16.8 Å². The predicted molar refractivity (Wildman–Crippen MR) is 129 cm³/mol. The first kappa shape index (κ1) is 22.2. The minimum absolute atomic E-state index is 0.0180. The molecule has 0 spiro atoms. The van der Waals surface area contributed by atoms with Crippen LogP contribution in [0.1, 0.15) is 24.9 Å². The van der Waals surface area contributed by atoms with Gasteiger partial charge in [-0.2, -0.15) is 0 Å². The van der Waals surface area contributed by atoms with Crippen molar-refractivity contribution in [3.8, 4) is 11.1 Å². The highest BCUT2D eigenvalue weighted by atomic mass is 32.2. The van der Waals surface area contributed by atoms with E-state index in [2.05, 4.69) is 41.7 Å². The van der Waals surface area contributed by atoms with Gasteiger partial charge in [0, 0.05) is 11.7 Å². The van der Waals surface area contributed by atoms with Crippen LogP contribution in [0.3, 0.4) is 0 Å². The summed E-state index contributed by atoms with van der Waals surface area (Å²) in [5.74, 6) is 0.0294. The van der Waals surface area contributed by atoms with Crippen molar-refractivity contribution in [1.82, 2.24) is 5.32 Å². The maximum atomic E-state index is 13.2. The van der Waals surface area contributed by atoms with E-state index in [1.165, 1.54) is 5.56 Å². The summed E-state index contributed by atoms with van der Waals surface area (Å²) in [6.07, 6.45) is 0.472. The second-order valence-electron chi connectivity index (χ2n) is 8.25. The standard InChI is InChI=1S/C26H28N2O3S/c1-20(21-12-14-23(15-13-21)22-8-4-2-5-9-22)27-18-26(29)28(24-10-6-3-7-11-24)25-16-17-32(30,31)19-25/h2-15,20,25,27H,16-19H2,1H3/t20-,25+/m1/s1. The third-order valence-corrected chi connectivity index (χ3v) is 7.70. The van der Waals surface area contributed by atoms with E-state index in [1.807, 2.05) is 55.5 Å². The SMILES string of the molecule is C[C@@H](NCC(=O)N(c1ccccc1)[C@H]1CCS(=O)(=O)C1)c1ccc(-c2ccccc2)cc1. The summed E-state index contributed by atoms with van der Waals surface area (Å²) < 4.78 is 24.1. The second-order valence-corrected chi connectivity index (χ2v) is 10.5. The molecular formula is C26H28N2O3S. The largest absolute Gasteiger partial charge is 0.307 e. The maximum Gasteiger partial charge on any atom is 0.241 e. The lowest BCUT2D eigenvalue weighted by Crippen LogP contribution is -2.46. The van der Waals surface area contributed by atoms with E-state index in [0.29, 0.717) is 6.42 Å². The summed E-state index contributed by atoms with van der Waals surface area (Å²) in [5.41, 5.74) is 4.14. The van der Waals surface area contributed by atoms with E-state index in [1.54, 1.807) is 4.90 Å². The molecule has 1 heterocycles. The lowest BCUT2D eigenvalue weighted by molar-refractivity contribution is -0.118. The number of anilines is 1. The minimum atomic E-state index is -3.10. The number of sulfone groups is 1. The average molecular weight is 449 g/mol. The Morgan fingerprint density at radius 3 is 2.12 bits per heavy atom. The van der Waals surface area contributed by atoms with Crippen LogP contribution in [0.5, 0.6) is 0 Å². The van der Waals surface area contributed by atoms with E-state index >= 15 is 0 Å². The minimum Gasteiger partial charge on any atom is -0.307 e. The summed E-state index contributed by atoms with van der Waals surface area (Å²) in [7, 11) is -3.10. The molecular weight excluding hydrogens is 420 g/mol. The molecule has 0 unspecified atom stereocenters. The normalized spacial score (nSPS) is 18.2. The molecule has 4 rings (SSSR count). The number of nitrogens with one attached hydrogen (secondary N) is 1.